The third-order valence-electron chi connectivity index (χ3n) is 2.95. The zero-order chi connectivity index (χ0) is 14.0. The first-order valence-corrected chi connectivity index (χ1v) is 5.71. The van der Waals surface area contributed by atoms with Crippen LogP contribution in [0, 0.1) is 0 Å². The molecule has 0 unspecified atom stereocenters. The highest BCUT2D eigenvalue weighted by molar-refractivity contribution is 5.70. The summed E-state index contributed by atoms with van der Waals surface area (Å²) in [4.78, 5) is 0. The smallest absolute Gasteiger partial charge is 0.161 e. The van der Waals surface area contributed by atoms with E-state index in [9.17, 15) is 4.39 Å². The fourth-order valence-electron chi connectivity index (χ4n) is 1.88. The maximum absolute atomic E-state index is 13.2. The zero-order valence-electron chi connectivity index (χ0n) is 11.1. The van der Waals surface area contributed by atoms with Crippen molar-refractivity contribution in [3.63, 3.8) is 0 Å². The summed E-state index contributed by atoms with van der Waals surface area (Å²) in [7, 11) is 4.77. The molecule has 0 aliphatic rings. The third kappa shape index (κ3) is 2.33. The first-order valence-electron chi connectivity index (χ1n) is 5.71. The Labute approximate surface area is 110 Å². The van der Waals surface area contributed by atoms with Gasteiger partial charge in [-0.3, -0.25) is 4.68 Å². The highest BCUT2D eigenvalue weighted by Crippen LogP contribution is 2.36. The number of halogens is 1. The van der Waals surface area contributed by atoms with E-state index in [0.29, 0.717) is 34.1 Å². The predicted molar refractivity (Wildman–Crippen MR) is 71.0 cm³/mol. The van der Waals surface area contributed by atoms with Crippen LogP contribution in [0.2, 0.25) is 0 Å². The second-order valence-corrected chi connectivity index (χ2v) is 4.08. The molecule has 0 saturated carbocycles. The van der Waals surface area contributed by atoms with Gasteiger partial charge in [-0.2, -0.15) is 5.10 Å². The van der Waals surface area contributed by atoms with Crippen molar-refractivity contribution < 1.29 is 13.9 Å². The molecule has 2 N–H and O–H groups in total. The molecule has 5 nitrogen and oxygen atoms in total. The van der Waals surface area contributed by atoms with Gasteiger partial charge in [0.1, 0.15) is 12.5 Å². The highest BCUT2D eigenvalue weighted by atomic mass is 19.1. The lowest BCUT2D eigenvalue weighted by Gasteiger charge is -2.12. The van der Waals surface area contributed by atoms with Crippen LogP contribution in [0.4, 0.5) is 10.2 Å². The number of methoxy groups -OCH3 is 2. The van der Waals surface area contributed by atoms with Gasteiger partial charge >= 0.3 is 0 Å². The van der Waals surface area contributed by atoms with Crippen LogP contribution in [0.15, 0.2) is 18.2 Å². The van der Waals surface area contributed by atoms with Crippen LogP contribution >= 0.6 is 0 Å². The Kier molecular flexibility index (Phi) is 3.59. The number of aromatic nitrogens is 2. The summed E-state index contributed by atoms with van der Waals surface area (Å²) in [5.74, 6) is 1.52. The molecule has 1 heterocycles. The lowest BCUT2D eigenvalue weighted by atomic mass is 10.0. The normalized spacial score (nSPS) is 10.5. The Morgan fingerprint density at radius 3 is 2.32 bits per heavy atom. The predicted octanol–water partition coefficient (Wildman–Crippen LogP) is 2.16. The molecule has 0 saturated heterocycles. The number of nitrogens with two attached hydrogens (primary N) is 1. The summed E-state index contributed by atoms with van der Waals surface area (Å²) in [6.07, 6.45) is 0. The number of hydrogen-bond acceptors (Lipinski definition) is 4. The van der Waals surface area contributed by atoms with Crippen molar-refractivity contribution in [2.45, 2.75) is 6.67 Å². The van der Waals surface area contributed by atoms with Gasteiger partial charge in [-0.05, 0) is 17.7 Å². The number of aryl methyl sites for hydroxylation is 1. The number of rotatable bonds is 4. The van der Waals surface area contributed by atoms with Crippen molar-refractivity contribution in [1.29, 1.82) is 0 Å². The fourth-order valence-corrected chi connectivity index (χ4v) is 1.88. The van der Waals surface area contributed by atoms with E-state index in [1.807, 2.05) is 0 Å². The van der Waals surface area contributed by atoms with Crippen molar-refractivity contribution in [2.75, 3.05) is 20.0 Å². The topological polar surface area (TPSA) is 62.3 Å². The van der Waals surface area contributed by atoms with Crippen LogP contribution < -0.4 is 15.2 Å². The van der Waals surface area contributed by atoms with Gasteiger partial charge in [0.05, 0.1) is 19.9 Å². The molecule has 0 amide bonds. The third-order valence-corrected chi connectivity index (χ3v) is 2.95. The van der Waals surface area contributed by atoms with Crippen molar-refractivity contribution >= 4 is 5.82 Å². The Morgan fingerprint density at radius 1 is 1.21 bits per heavy atom. The summed E-state index contributed by atoms with van der Waals surface area (Å²) >= 11 is 0. The Morgan fingerprint density at radius 2 is 1.84 bits per heavy atom. The van der Waals surface area contributed by atoms with E-state index in [-0.39, 0.29) is 0 Å². The summed E-state index contributed by atoms with van der Waals surface area (Å²) in [6.45, 7) is -0.619. The molecule has 2 rings (SSSR count). The van der Waals surface area contributed by atoms with E-state index < -0.39 is 6.67 Å². The van der Waals surface area contributed by atoms with Crippen LogP contribution in [0.1, 0.15) is 5.56 Å². The molecule has 0 bridgehead atoms. The Bertz CT molecular complexity index is 576. The van der Waals surface area contributed by atoms with Gasteiger partial charge in [0.2, 0.25) is 0 Å². The van der Waals surface area contributed by atoms with Gasteiger partial charge in [0.25, 0.3) is 0 Å². The van der Waals surface area contributed by atoms with E-state index in [4.69, 9.17) is 15.2 Å². The average Bonchev–Trinajstić information content (AvgIpc) is 2.76. The SMILES string of the molecule is COc1cc(CF)c(-c2cc(N)n(C)n2)cc1OC. The molecule has 102 valence electrons. The molecule has 1 aromatic carbocycles. The lowest BCUT2D eigenvalue weighted by Crippen LogP contribution is -1.97. The number of anilines is 1. The van der Waals surface area contributed by atoms with Gasteiger partial charge < -0.3 is 15.2 Å². The number of ether oxygens (including phenoxy) is 2. The molecule has 0 spiro atoms. The maximum atomic E-state index is 13.2. The van der Waals surface area contributed by atoms with E-state index in [0.717, 1.165) is 0 Å². The monoisotopic (exact) mass is 265 g/mol. The molecule has 2 aromatic rings. The van der Waals surface area contributed by atoms with E-state index in [2.05, 4.69) is 5.10 Å². The number of benzene rings is 1. The average molecular weight is 265 g/mol. The van der Waals surface area contributed by atoms with Crippen molar-refractivity contribution in [1.82, 2.24) is 9.78 Å². The Balaban J connectivity index is 2.61. The minimum Gasteiger partial charge on any atom is -0.493 e. The minimum atomic E-state index is -0.619. The molecular formula is C13H16FN3O2. The maximum Gasteiger partial charge on any atom is 0.161 e. The molecule has 0 aliphatic carbocycles. The van der Waals surface area contributed by atoms with Gasteiger partial charge in [-0.1, -0.05) is 0 Å². The highest BCUT2D eigenvalue weighted by Gasteiger charge is 2.15. The van der Waals surface area contributed by atoms with Crippen molar-refractivity contribution in [3.8, 4) is 22.8 Å². The van der Waals surface area contributed by atoms with Crippen LogP contribution in [0.25, 0.3) is 11.3 Å². The van der Waals surface area contributed by atoms with Crippen LogP contribution in [0.5, 0.6) is 11.5 Å². The molecule has 0 radical (unpaired) electrons. The van der Waals surface area contributed by atoms with Gasteiger partial charge in [-0.25, -0.2) is 4.39 Å². The van der Waals surface area contributed by atoms with Gasteiger partial charge in [-0.15, -0.1) is 0 Å². The van der Waals surface area contributed by atoms with Gasteiger partial charge in [0, 0.05) is 18.7 Å². The first-order chi connectivity index (χ1) is 9.10. The zero-order valence-corrected chi connectivity index (χ0v) is 11.1. The van der Waals surface area contributed by atoms with Gasteiger partial charge in [0.15, 0.2) is 11.5 Å². The molecule has 1 aromatic heterocycles. The van der Waals surface area contributed by atoms with E-state index in [1.165, 1.54) is 18.9 Å². The summed E-state index contributed by atoms with van der Waals surface area (Å²) in [5.41, 5.74) is 7.48. The summed E-state index contributed by atoms with van der Waals surface area (Å²) in [5, 5.41) is 4.25. The molecule has 6 heteroatoms. The Hall–Kier alpha value is -2.24. The molecule has 0 aliphatic heterocycles. The first kappa shape index (κ1) is 13.2. The summed E-state index contributed by atoms with van der Waals surface area (Å²) in [6, 6.07) is 5.01. The molecule has 19 heavy (non-hydrogen) atoms. The molecular weight excluding hydrogens is 249 g/mol. The number of hydrogen-bond donors (Lipinski definition) is 1. The fraction of sp³-hybridized carbons (Fsp3) is 0.308. The number of nitrogen functional groups attached to an aromatic ring is 1. The quantitative estimate of drug-likeness (QED) is 0.920. The van der Waals surface area contributed by atoms with Crippen LogP contribution in [-0.4, -0.2) is 24.0 Å². The van der Waals surface area contributed by atoms with E-state index in [1.54, 1.807) is 25.2 Å². The van der Waals surface area contributed by atoms with Crippen LogP contribution in [0.3, 0.4) is 0 Å². The summed E-state index contributed by atoms with van der Waals surface area (Å²) < 4.78 is 25.1. The number of alkyl halides is 1. The van der Waals surface area contributed by atoms with Crippen molar-refractivity contribution in [2.24, 2.45) is 7.05 Å². The second-order valence-electron chi connectivity index (χ2n) is 4.08. The van der Waals surface area contributed by atoms with E-state index >= 15 is 0 Å². The minimum absolute atomic E-state index is 0.482. The lowest BCUT2D eigenvalue weighted by molar-refractivity contribution is 0.353. The largest absolute Gasteiger partial charge is 0.493 e. The number of nitrogens with zero attached hydrogens (tertiary/aromatic N) is 2. The molecule has 0 fully saturated rings. The van der Waals surface area contributed by atoms with Crippen LogP contribution in [-0.2, 0) is 13.7 Å². The van der Waals surface area contributed by atoms with Crippen molar-refractivity contribution in [3.05, 3.63) is 23.8 Å². The molecule has 0 atom stereocenters. The standard InChI is InChI=1S/C13H16FN3O2/c1-17-13(15)6-10(16-17)9-5-12(19-3)11(18-2)4-8(9)7-14/h4-6H,7,15H2,1-3H3. The second kappa shape index (κ2) is 5.17.